The fourth-order valence-corrected chi connectivity index (χ4v) is 4.51. The van der Waals surface area contributed by atoms with Crippen molar-refractivity contribution < 1.29 is 9.47 Å². The van der Waals surface area contributed by atoms with Gasteiger partial charge in [0.25, 0.3) is 5.56 Å². The number of unbranched alkanes of at least 4 members (excludes halogenated alkanes) is 4. The van der Waals surface area contributed by atoms with Gasteiger partial charge in [0.1, 0.15) is 22.4 Å². The van der Waals surface area contributed by atoms with E-state index >= 15 is 0 Å². The van der Waals surface area contributed by atoms with Crippen LogP contribution in [0.3, 0.4) is 0 Å². The molecule has 2 aromatic carbocycles. The Balaban J connectivity index is 1.75. The molecule has 0 bridgehead atoms. The Hall–Kier alpha value is -3.94. The average Bonchev–Trinajstić information content (AvgIpc) is 3.21. The number of aryl methyl sites for hydroxylation is 1. The summed E-state index contributed by atoms with van der Waals surface area (Å²) in [6.45, 7) is 2.83. The zero-order valence-electron chi connectivity index (χ0n) is 20.3. The first-order chi connectivity index (χ1) is 17.2. The molecule has 0 aliphatic carbocycles. The van der Waals surface area contributed by atoms with E-state index in [1.54, 1.807) is 31.2 Å². The van der Waals surface area contributed by atoms with Gasteiger partial charge < -0.3 is 9.47 Å². The van der Waals surface area contributed by atoms with E-state index in [1.165, 1.54) is 19.3 Å². The maximum absolute atomic E-state index is 13.7. The number of fused-ring (bicyclic) bond motifs is 4. The van der Waals surface area contributed by atoms with Gasteiger partial charge in [-0.1, -0.05) is 44.7 Å². The zero-order valence-corrected chi connectivity index (χ0v) is 20.3. The monoisotopic (exact) mass is 471 g/mol. The van der Waals surface area contributed by atoms with Gasteiger partial charge in [-0.15, -0.1) is 0 Å². The number of para-hydroxylation sites is 2. The lowest BCUT2D eigenvalue weighted by molar-refractivity contribution is 0.393. The highest BCUT2D eigenvalue weighted by Gasteiger charge is 2.22. The Morgan fingerprint density at radius 2 is 1.66 bits per heavy atom. The second-order valence-corrected chi connectivity index (χ2v) is 8.61. The fourth-order valence-electron chi connectivity index (χ4n) is 4.51. The molecule has 180 valence electrons. The van der Waals surface area contributed by atoms with Crippen molar-refractivity contribution in [1.29, 1.82) is 0 Å². The number of hydrogen-bond acceptors (Lipinski definition) is 6. The molecule has 5 rings (SSSR count). The number of methoxy groups -OCH3 is 2. The summed E-state index contributed by atoms with van der Waals surface area (Å²) in [5.74, 6) is 1.25. The van der Waals surface area contributed by atoms with Crippen LogP contribution >= 0.6 is 0 Å². The van der Waals surface area contributed by atoms with Crippen LogP contribution in [0.4, 0.5) is 0 Å². The minimum Gasteiger partial charge on any atom is -0.497 e. The number of benzene rings is 2. The molecule has 3 heterocycles. The van der Waals surface area contributed by atoms with Gasteiger partial charge >= 0.3 is 0 Å². The van der Waals surface area contributed by atoms with Crippen LogP contribution in [-0.2, 0) is 6.54 Å². The number of nitrogens with zero attached hydrogens (tertiary/aromatic N) is 5. The first-order valence-corrected chi connectivity index (χ1v) is 12.0. The summed E-state index contributed by atoms with van der Waals surface area (Å²) in [5, 5.41) is 0.465. The average molecular weight is 472 g/mol. The van der Waals surface area contributed by atoms with E-state index in [4.69, 9.17) is 24.4 Å². The lowest BCUT2D eigenvalue weighted by Crippen LogP contribution is -2.20. The molecule has 0 saturated heterocycles. The highest BCUT2D eigenvalue weighted by molar-refractivity contribution is 6.06. The summed E-state index contributed by atoms with van der Waals surface area (Å²) in [6, 6.07) is 13.2. The maximum atomic E-state index is 13.7. The second kappa shape index (κ2) is 9.74. The third-order valence-electron chi connectivity index (χ3n) is 6.36. The molecular formula is C27H29N5O3. The highest BCUT2D eigenvalue weighted by Crippen LogP contribution is 2.34. The number of hydrogen-bond donors (Lipinski definition) is 0. The van der Waals surface area contributed by atoms with Crippen molar-refractivity contribution in [1.82, 2.24) is 24.1 Å². The van der Waals surface area contributed by atoms with Gasteiger partial charge in [-0.3, -0.25) is 13.9 Å². The normalized spacial score (nSPS) is 11.5. The molecule has 35 heavy (non-hydrogen) atoms. The van der Waals surface area contributed by atoms with Crippen LogP contribution in [0.1, 0.15) is 39.0 Å². The zero-order chi connectivity index (χ0) is 24.4. The van der Waals surface area contributed by atoms with E-state index < -0.39 is 0 Å². The molecule has 0 amide bonds. The Morgan fingerprint density at radius 3 is 2.40 bits per heavy atom. The summed E-state index contributed by atoms with van der Waals surface area (Å²) >= 11 is 0. The van der Waals surface area contributed by atoms with Crippen molar-refractivity contribution in [3.05, 3.63) is 59.1 Å². The number of rotatable bonds is 9. The SMILES string of the molecule is CCCCCCCn1cnc2c(c1=O)c1nc3ccccc3nc1n2-c1ccc(OC)cc1OC. The van der Waals surface area contributed by atoms with Crippen molar-refractivity contribution in [2.75, 3.05) is 14.2 Å². The van der Waals surface area contributed by atoms with E-state index in [-0.39, 0.29) is 5.56 Å². The van der Waals surface area contributed by atoms with Crippen LogP contribution in [0.5, 0.6) is 11.5 Å². The number of aromatic nitrogens is 5. The first kappa shape index (κ1) is 22.8. The quantitative estimate of drug-likeness (QED) is 0.272. The highest BCUT2D eigenvalue weighted by atomic mass is 16.5. The Bertz CT molecular complexity index is 1570. The van der Waals surface area contributed by atoms with Gasteiger partial charge in [-0.05, 0) is 30.7 Å². The maximum Gasteiger partial charge on any atom is 0.265 e. The van der Waals surface area contributed by atoms with Crippen LogP contribution in [-0.4, -0.2) is 38.3 Å². The number of ether oxygens (including phenoxy) is 2. The Kier molecular flexibility index (Phi) is 6.35. The predicted octanol–water partition coefficient (Wildman–Crippen LogP) is 5.27. The van der Waals surface area contributed by atoms with Crippen LogP contribution in [0.2, 0.25) is 0 Å². The molecule has 0 radical (unpaired) electrons. The van der Waals surface area contributed by atoms with Gasteiger partial charge in [-0.2, -0.15) is 0 Å². The van der Waals surface area contributed by atoms with Crippen molar-refractivity contribution in [3.8, 4) is 17.2 Å². The van der Waals surface area contributed by atoms with Gasteiger partial charge in [0.2, 0.25) is 0 Å². The fraction of sp³-hybridized carbons (Fsp3) is 0.333. The van der Waals surface area contributed by atoms with Gasteiger partial charge in [0.05, 0.1) is 37.3 Å². The molecule has 0 saturated carbocycles. The molecule has 0 aliphatic heterocycles. The van der Waals surface area contributed by atoms with Gasteiger partial charge in [0.15, 0.2) is 11.3 Å². The molecule has 8 heteroatoms. The molecule has 8 nitrogen and oxygen atoms in total. The Labute approximate surface area is 203 Å². The lowest BCUT2D eigenvalue weighted by Gasteiger charge is -2.13. The largest absolute Gasteiger partial charge is 0.497 e. The molecule has 0 atom stereocenters. The van der Waals surface area contributed by atoms with E-state index in [2.05, 4.69) is 6.92 Å². The summed E-state index contributed by atoms with van der Waals surface area (Å²) in [5.41, 5.74) is 3.68. The van der Waals surface area contributed by atoms with Crippen LogP contribution in [0, 0.1) is 0 Å². The molecule has 0 fully saturated rings. The Morgan fingerprint density at radius 1 is 0.886 bits per heavy atom. The van der Waals surface area contributed by atoms with Crippen LogP contribution in [0.15, 0.2) is 53.6 Å². The predicted molar refractivity (Wildman–Crippen MR) is 138 cm³/mol. The summed E-state index contributed by atoms with van der Waals surface area (Å²) < 4.78 is 14.6. The smallest absolute Gasteiger partial charge is 0.265 e. The standard InChI is InChI=1S/C27H29N5O3/c1-4-5-6-7-10-15-31-17-28-25-23(27(31)33)24-26(30-20-12-9-8-11-19(20)29-24)32(25)21-14-13-18(34-2)16-22(21)35-3/h8-9,11-14,16-17H,4-7,10,15H2,1-3H3. The minimum absolute atomic E-state index is 0.105. The van der Waals surface area contributed by atoms with E-state index in [0.717, 1.165) is 23.9 Å². The molecule has 3 aromatic heterocycles. The van der Waals surface area contributed by atoms with Crippen LogP contribution < -0.4 is 15.0 Å². The van der Waals surface area contributed by atoms with Crippen LogP contribution in [0.25, 0.3) is 38.9 Å². The van der Waals surface area contributed by atoms with Gasteiger partial charge in [0, 0.05) is 12.6 Å². The lowest BCUT2D eigenvalue weighted by atomic mass is 10.1. The third-order valence-corrected chi connectivity index (χ3v) is 6.36. The van der Waals surface area contributed by atoms with E-state index in [9.17, 15) is 4.79 Å². The molecular weight excluding hydrogens is 442 g/mol. The molecule has 0 aliphatic rings. The summed E-state index contributed by atoms with van der Waals surface area (Å²) in [7, 11) is 3.21. The van der Waals surface area contributed by atoms with Crippen molar-refractivity contribution in [2.24, 2.45) is 0 Å². The molecule has 0 spiro atoms. The van der Waals surface area contributed by atoms with E-state index in [1.807, 2.05) is 41.0 Å². The van der Waals surface area contributed by atoms with Crippen molar-refractivity contribution in [2.45, 2.75) is 45.6 Å². The second-order valence-electron chi connectivity index (χ2n) is 8.61. The molecule has 5 aromatic rings. The first-order valence-electron chi connectivity index (χ1n) is 12.0. The topological polar surface area (TPSA) is 84.1 Å². The van der Waals surface area contributed by atoms with Crippen molar-refractivity contribution >= 4 is 33.2 Å². The third kappa shape index (κ3) is 4.09. The summed E-state index contributed by atoms with van der Waals surface area (Å²) in [4.78, 5) is 28.2. The van der Waals surface area contributed by atoms with E-state index in [0.29, 0.717) is 45.9 Å². The van der Waals surface area contributed by atoms with Crippen molar-refractivity contribution in [3.63, 3.8) is 0 Å². The summed E-state index contributed by atoms with van der Waals surface area (Å²) in [6.07, 6.45) is 7.24. The molecule has 0 unspecified atom stereocenters. The van der Waals surface area contributed by atoms with Gasteiger partial charge in [-0.25, -0.2) is 15.0 Å². The molecule has 0 N–H and O–H groups in total. The minimum atomic E-state index is -0.105.